The van der Waals surface area contributed by atoms with Crippen LogP contribution in [0.25, 0.3) is 10.9 Å². The Bertz CT molecular complexity index is 514. The number of aromatic nitrogens is 1. The Labute approximate surface area is 75.4 Å². The van der Waals surface area contributed by atoms with E-state index in [9.17, 15) is 4.79 Å². The summed E-state index contributed by atoms with van der Waals surface area (Å²) in [6.45, 7) is 2.01. The topological polar surface area (TPSA) is 48.0 Å². The molecule has 0 aliphatic carbocycles. The van der Waals surface area contributed by atoms with Crippen molar-refractivity contribution in [3.05, 3.63) is 46.2 Å². The van der Waals surface area contributed by atoms with Crippen LogP contribution in [0.4, 0.5) is 0 Å². The summed E-state index contributed by atoms with van der Waals surface area (Å²) in [6.07, 6.45) is 0. The number of aryl methyl sites for hydroxylation is 1. The highest BCUT2D eigenvalue weighted by Crippen LogP contribution is 2.11. The lowest BCUT2D eigenvalue weighted by Gasteiger charge is -2.03. The molecule has 3 heteroatoms. The Hall–Kier alpha value is -1.77. The van der Waals surface area contributed by atoms with Gasteiger partial charge < -0.3 is 5.84 Å². The number of benzene rings is 1. The molecule has 0 saturated carbocycles. The minimum atomic E-state index is -0.184. The maximum absolute atomic E-state index is 11.2. The summed E-state index contributed by atoms with van der Waals surface area (Å²) >= 11 is 0. The first kappa shape index (κ1) is 7.86. The van der Waals surface area contributed by atoms with Crippen molar-refractivity contribution < 1.29 is 0 Å². The van der Waals surface area contributed by atoms with E-state index >= 15 is 0 Å². The molecule has 0 amide bonds. The third-order valence-corrected chi connectivity index (χ3v) is 2.09. The summed E-state index contributed by atoms with van der Waals surface area (Å²) in [7, 11) is 0. The molecule has 0 unspecified atom stereocenters. The van der Waals surface area contributed by atoms with Crippen molar-refractivity contribution in [3.8, 4) is 0 Å². The van der Waals surface area contributed by atoms with Crippen LogP contribution in [-0.2, 0) is 0 Å². The predicted molar refractivity (Wildman–Crippen MR) is 53.1 cm³/mol. The second kappa shape index (κ2) is 2.62. The van der Waals surface area contributed by atoms with Crippen LogP contribution >= 0.6 is 0 Å². The van der Waals surface area contributed by atoms with Crippen molar-refractivity contribution in [2.45, 2.75) is 6.92 Å². The van der Waals surface area contributed by atoms with E-state index in [1.807, 2.05) is 25.1 Å². The smallest absolute Gasteiger partial charge is 0.269 e. The first-order valence-corrected chi connectivity index (χ1v) is 4.06. The second-order valence-corrected chi connectivity index (χ2v) is 3.10. The van der Waals surface area contributed by atoms with Crippen molar-refractivity contribution >= 4 is 10.9 Å². The fourth-order valence-corrected chi connectivity index (χ4v) is 1.39. The standard InChI is InChI=1S/C10H10N2O/c1-7-2-4-9-8(6-7)3-5-10(13)12(9)11/h2-6H,11H2,1H3. The van der Waals surface area contributed by atoms with Crippen molar-refractivity contribution in [2.75, 3.05) is 5.84 Å². The SMILES string of the molecule is Cc1ccc2c(ccc(=O)n2N)c1. The van der Waals surface area contributed by atoms with Crippen LogP contribution in [-0.4, -0.2) is 4.68 Å². The molecule has 0 spiro atoms. The second-order valence-electron chi connectivity index (χ2n) is 3.10. The summed E-state index contributed by atoms with van der Waals surface area (Å²) in [6, 6.07) is 9.05. The molecule has 3 nitrogen and oxygen atoms in total. The molecule has 66 valence electrons. The van der Waals surface area contributed by atoms with Gasteiger partial charge in [0.05, 0.1) is 5.52 Å². The highest BCUT2D eigenvalue weighted by Gasteiger charge is 1.98. The van der Waals surface area contributed by atoms with Crippen molar-refractivity contribution in [1.29, 1.82) is 0 Å². The lowest BCUT2D eigenvalue weighted by Crippen LogP contribution is -2.26. The average Bonchev–Trinajstić information content (AvgIpc) is 2.12. The molecule has 0 aliphatic heterocycles. The van der Waals surface area contributed by atoms with E-state index in [1.165, 1.54) is 6.07 Å². The van der Waals surface area contributed by atoms with Crippen molar-refractivity contribution in [3.63, 3.8) is 0 Å². The predicted octanol–water partition coefficient (Wildman–Crippen LogP) is 1.02. The van der Waals surface area contributed by atoms with Gasteiger partial charge in [0, 0.05) is 11.5 Å². The zero-order chi connectivity index (χ0) is 9.42. The van der Waals surface area contributed by atoms with E-state index in [0.717, 1.165) is 21.1 Å². The average molecular weight is 174 g/mol. The van der Waals surface area contributed by atoms with Gasteiger partial charge in [0.1, 0.15) is 0 Å². The van der Waals surface area contributed by atoms with Crippen LogP contribution in [0.15, 0.2) is 35.1 Å². The van der Waals surface area contributed by atoms with Crippen LogP contribution in [0, 0.1) is 6.92 Å². The van der Waals surface area contributed by atoms with Gasteiger partial charge in [-0.2, -0.15) is 0 Å². The molecule has 0 atom stereocenters. The Morgan fingerprint density at radius 3 is 2.77 bits per heavy atom. The number of nitrogen functional groups attached to an aromatic ring is 1. The molecular weight excluding hydrogens is 164 g/mol. The molecule has 1 aromatic heterocycles. The van der Waals surface area contributed by atoms with Gasteiger partial charge in [0.15, 0.2) is 0 Å². The monoisotopic (exact) mass is 174 g/mol. The molecule has 0 radical (unpaired) electrons. The molecule has 2 rings (SSSR count). The van der Waals surface area contributed by atoms with Crippen LogP contribution in [0.5, 0.6) is 0 Å². The van der Waals surface area contributed by atoms with E-state index in [0.29, 0.717) is 0 Å². The van der Waals surface area contributed by atoms with Gasteiger partial charge >= 0.3 is 0 Å². The van der Waals surface area contributed by atoms with Gasteiger partial charge in [-0.1, -0.05) is 11.6 Å². The number of hydrogen-bond donors (Lipinski definition) is 1. The van der Waals surface area contributed by atoms with Crippen LogP contribution in [0.1, 0.15) is 5.56 Å². The van der Waals surface area contributed by atoms with Crippen LogP contribution < -0.4 is 11.4 Å². The Morgan fingerprint density at radius 2 is 2.00 bits per heavy atom. The molecule has 0 bridgehead atoms. The molecule has 13 heavy (non-hydrogen) atoms. The molecular formula is C10H10N2O. The molecule has 0 fully saturated rings. The number of nitrogens with two attached hydrogens (primary N) is 1. The zero-order valence-electron chi connectivity index (χ0n) is 7.32. The van der Waals surface area contributed by atoms with Gasteiger partial charge in [-0.05, 0) is 25.1 Å². The third-order valence-electron chi connectivity index (χ3n) is 2.09. The van der Waals surface area contributed by atoms with E-state index < -0.39 is 0 Å². The lowest BCUT2D eigenvalue weighted by molar-refractivity contribution is 0.988. The lowest BCUT2D eigenvalue weighted by atomic mass is 10.1. The number of pyridine rings is 1. The van der Waals surface area contributed by atoms with E-state index in [-0.39, 0.29) is 5.56 Å². The summed E-state index contributed by atoms with van der Waals surface area (Å²) < 4.78 is 1.16. The minimum absolute atomic E-state index is 0.184. The molecule has 2 N–H and O–H groups in total. The van der Waals surface area contributed by atoms with Crippen LogP contribution in [0.3, 0.4) is 0 Å². The fourth-order valence-electron chi connectivity index (χ4n) is 1.39. The molecule has 0 saturated heterocycles. The Morgan fingerprint density at radius 1 is 1.23 bits per heavy atom. The minimum Gasteiger partial charge on any atom is -0.336 e. The largest absolute Gasteiger partial charge is 0.336 e. The van der Waals surface area contributed by atoms with Gasteiger partial charge in [-0.3, -0.25) is 4.79 Å². The highest BCUT2D eigenvalue weighted by atomic mass is 16.1. The number of nitrogens with zero attached hydrogens (tertiary/aromatic N) is 1. The van der Waals surface area contributed by atoms with Gasteiger partial charge in [0.25, 0.3) is 5.56 Å². The summed E-state index contributed by atoms with van der Waals surface area (Å²) in [4.78, 5) is 11.2. The van der Waals surface area contributed by atoms with Gasteiger partial charge in [0.2, 0.25) is 0 Å². The Balaban J connectivity index is 2.95. The van der Waals surface area contributed by atoms with Crippen molar-refractivity contribution in [1.82, 2.24) is 4.68 Å². The highest BCUT2D eigenvalue weighted by molar-refractivity contribution is 5.79. The number of hydrogen-bond acceptors (Lipinski definition) is 2. The summed E-state index contributed by atoms with van der Waals surface area (Å²) in [5.41, 5.74) is 1.74. The van der Waals surface area contributed by atoms with Crippen molar-refractivity contribution in [2.24, 2.45) is 0 Å². The first-order valence-electron chi connectivity index (χ1n) is 4.06. The molecule has 1 heterocycles. The zero-order valence-corrected chi connectivity index (χ0v) is 7.32. The molecule has 0 aliphatic rings. The third kappa shape index (κ3) is 1.18. The maximum atomic E-state index is 11.2. The first-order chi connectivity index (χ1) is 6.18. The molecule has 2 aromatic rings. The number of rotatable bonds is 0. The quantitative estimate of drug-likeness (QED) is 0.606. The molecule has 1 aromatic carbocycles. The van der Waals surface area contributed by atoms with Gasteiger partial charge in [-0.15, -0.1) is 0 Å². The maximum Gasteiger partial charge on any atom is 0.269 e. The number of fused-ring (bicyclic) bond motifs is 1. The summed E-state index contributed by atoms with van der Waals surface area (Å²) in [5, 5.41) is 0.988. The van der Waals surface area contributed by atoms with Crippen LogP contribution in [0.2, 0.25) is 0 Å². The van der Waals surface area contributed by atoms with E-state index in [2.05, 4.69) is 0 Å². The summed E-state index contributed by atoms with van der Waals surface area (Å²) in [5.74, 6) is 5.57. The Kier molecular flexibility index (Phi) is 1.59. The van der Waals surface area contributed by atoms with Gasteiger partial charge in [-0.25, -0.2) is 4.68 Å². The van der Waals surface area contributed by atoms with E-state index in [4.69, 9.17) is 5.84 Å². The van der Waals surface area contributed by atoms with E-state index in [1.54, 1.807) is 6.07 Å². The normalized spacial score (nSPS) is 10.5. The fraction of sp³-hybridized carbons (Fsp3) is 0.100.